The first-order valence-electron chi connectivity index (χ1n) is 6.00. The Kier molecular flexibility index (Phi) is 4.01. The SMILES string of the molecule is Cc1cccc(CN(C)S(=O)(=O)c2ncccc2N)n1. The van der Waals surface area contributed by atoms with Crippen LogP contribution in [0.15, 0.2) is 41.6 Å². The highest BCUT2D eigenvalue weighted by atomic mass is 32.2. The maximum Gasteiger partial charge on any atom is 0.262 e. The van der Waals surface area contributed by atoms with E-state index in [1.165, 1.54) is 23.6 Å². The summed E-state index contributed by atoms with van der Waals surface area (Å²) in [5.74, 6) is 0. The Morgan fingerprint density at radius 3 is 2.65 bits per heavy atom. The largest absolute Gasteiger partial charge is 0.396 e. The monoisotopic (exact) mass is 292 g/mol. The lowest BCUT2D eigenvalue weighted by Gasteiger charge is -2.17. The average Bonchev–Trinajstić information content (AvgIpc) is 2.39. The molecule has 0 fully saturated rings. The molecule has 0 saturated carbocycles. The van der Waals surface area contributed by atoms with Crippen molar-refractivity contribution in [1.82, 2.24) is 14.3 Å². The van der Waals surface area contributed by atoms with Gasteiger partial charge in [0.1, 0.15) is 0 Å². The van der Waals surface area contributed by atoms with Gasteiger partial charge in [0, 0.05) is 18.9 Å². The van der Waals surface area contributed by atoms with Crippen LogP contribution in [0.3, 0.4) is 0 Å². The highest BCUT2D eigenvalue weighted by Crippen LogP contribution is 2.19. The van der Waals surface area contributed by atoms with Gasteiger partial charge in [0.05, 0.1) is 17.9 Å². The van der Waals surface area contributed by atoms with Crippen LogP contribution >= 0.6 is 0 Å². The van der Waals surface area contributed by atoms with Gasteiger partial charge < -0.3 is 5.73 Å². The van der Waals surface area contributed by atoms with Gasteiger partial charge >= 0.3 is 0 Å². The molecule has 0 aliphatic rings. The molecule has 0 aliphatic heterocycles. The van der Waals surface area contributed by atoms with Crippen molar-refractivity contribution in [3.05, 3.63) is 47.9 Å². The predicted molar refractivity (Wildman–Crippen MR) is 76.3 cm³/mol. The van der Waals surface area contributed by atoms with Gasteiger partial charge in [-0.25, -0.2) is 13.4 Å². The maximum atomic E-state index is 12.4. The molecule has 6 nitrogen and oxygen atoms in total. The number of nitrogens with two attached hydrogens (primary N) is 1. The van der Waals surface area contributed by atoms with Crippen molar-refractivity contribution in [2.24, 2.45) is 0 Å². The number of aryl methyl sites for hydroxylation is 1. The number of rotatable bonds is 4. The molecular weight excluding hydrogens is 276 g/mol. The van der Waals surface area contributed by atoms with Crippen molar-refractivity contribution < 1.29 is 8.42 Å². The van der Waals surface area contributed by atoms with Gasteiger partial charge in [-0.1, -0.05) is 6.07 Å². The first-order valence-corrected chi connectivity index (χ1v) is 7.44. The molecule has 2 aromatic heterocycles. The van der Waals surface area contributed by atoms with Crippen LogP contribution in [0.2, 0.25) is 0 Å². The van der Waals surface area contributed by atoms with Crippen molar-refractivity contribution >= 4 is 15.7 Å². The third-order valence-electron chi connectivity index (χ3n) is 2.79. The van der Waals surface area contributed by atoms with E-state index < -0.39 is 10.0 Å². The Morgan fingerprint density at radius 2 is 2.00 bits per heavy atom. The summed E-state index contributed by atoms with van der Waals surface area (Å²) >= 11 is 0. The number of anilines is 1. The quantitative estimate of drug-likeness (QED) is 0.914. The Bertz CT molecular complexity index is 716. The molecule has 2 N–H and O–H groups in total. The number of nitrogens with zero attached hydrogens (tertiary/aromatic N) is 3. The number of hydrogen-bond donors (Lipinski definition) is 1. The minimum absolute atomic E-state index is 0.129. The number of pyridine rings is 2. The van der Waals surface area contributed by atoms with Crippen LogP contribution in [-0.2, 0) is 16.6 Å². The zero-order chi connectivity index (χ0) is 14.8. The van der Waals surface area contributed by atoms with Crippen molar-refractivity contribution in [3.63, 3.8) is 0 Å². The van der Waals surface area contributed by atoms with Crippen LogP contribution < -0.4 is 5.73 Å². The molecule has 0 saturated heterocycles. The lowest BCUT2D eigenvalue weighted by Crippen LogP contribution is -2.28. The zero-order valence-electron chi connectivity index (χ0n) is 11.3. The van der Waals surface area contributed by atoms with Crippen LogP contribution in [0.4, 0.5) is 5.69 Å². The second-order valence-corrected chi connectivity index (χ2v) is 6.39. The van der Waals surface area contributed by atoms with Gasteiger partial charge in [-0.3, -0.25) is 4.98 Å². The highest BCUT2D eigenvalue weighted by molar-refractivity contribution is 7.89. The third-order valence-corrected chi connectivity index (χ3v) is 4.57. The van der Waals surface area contributed by atoms with Gasteiger partial charge in [-0.05, 0) is 31.2 Å². The summed E-state index contributed by atoms with van der Waals surface area (Å²) in [5.41, 5.74) is 7.32. The van der Waals surface area contributed by atoms with Crippen molar-refractivity contribution in [2.45, 2.75) is 18.5 Å². The summed E-state index contributed by atoms with van der Waals surface area (Å²) < 4.78 is 26.0. The molecule has 0 unspecified atom stereocenters. The summed E-state index contributed by atoms with van der Waals surface area (Å²) in [6.07, 6.45) is 1.40. The van der Waals surface area contributed by atoms with Gasteiger partial charge in [0.2, 0.25) is 0 Å². The van der Waals surface area contributed by atoms with E-state index in [0.29, 0.717) is 5.69 Å². The number of aromatic nitrogens is 2. The Balaban J connectivity index is 2.29. The van der Waals surface area contributed by atoms with E-state index in [0.717, 1.165) is 5.69 Å². The molecule has 0 spiro atoms. The topological polar surface area (TPSA) is 89.2 Å². The summed E-state index contributed by atoms with van der Waals surface area (Å²) in [5, 5.41) is -0.129. The number of nitrogen functional groups attached to an aromatic ring is 1. The molecule has 0 atom stereocenters. The fourth-order valence-corrected chi connectivity index (χ4v) is 2.92. The van der Waals surface area contributed by atoms with Crippen LogP contribution in [0.1, 0.15) is 11.4 Å². The molecule has 0 amide bonds. The van der Waals surface area contributed by atoms with Gasteiger partial charge in [0.15, 0.2) is 5.03 Å². The second kappa shape index (κ2) is 5.56. The fourth-order valence-electron chi connectivity index (χ4n) is 1.77. The van der Waals surface area contributed by atoms with E-state index in [1.54, 1.807) is 12.1 Å². The van der Waals surface area contributed by atoms with E-state index in [-0.39, 0.29) is 17.3 Å². The Morgan fingerprint density at radius 1 is 1.25 bits per heavy atom. The molecule has 20 heavy (non-hydrogen) atoms. The average molecular weight is 292 g/mol. The molecule has 7 heteroatoms. The van der Waals surface area contributed by atoms with E-state index in [4.69, 9.17) is 5.73 Å². The third kappa shape index (κ3) is 2.94. The molecule has 106 valence electrons. The summed E-state index contributed by atoms with van der Waals surface area (Å²) in [6.45, 7) is 2.02. The Labute approximate surface area is 118 Å². The molecule has 2 heterocycles. The molecule has 0 bridgehead atoms. The lowest BCUT2D eigenvalue weighted by molar-refractivity contribution is 0.459. The maximum absolute atomic E-state index is 12.4. The van der Waals surface area contributed by atoms with E-state index >= 15 is 0 Å². The first-order chi connectivity index (χ1) is 9.41. The van der Waals surface area contributed by atoms with Gasteiger partial charge in [-0.15, -0.1) is 0 Å². The van der Waals surface area contributed by atoms with Gasteiger partial charge in [-0.2, -0.15) is 4.31 Å². The summed E-state index contributed by atoms with van der Waals surface area (Å²) in [7, 11) is -2.24. The van der Waals surface area contributed by atoms with Crippen molar-refractivity contribution in [1.29, 1.82) is 0 Å². The molecule has 0 radical (unpaired) electrons. The minimum atomic E-state index is -3.72. The fraction of sp³-hybridized carbons (Fsp3) is 0.231. The lowest BCUT2D eigenvalue weighted by atomic mass is 10.3. The van der Waals surface area contributed by atoms with E-state index in [2.05, 4.69) is 9.97 Å². The van der Waals surface area contributed by atoms with Crippen LogP contribution in [0.5, 0.6) is 0 Å². The predicted octanol–water partition coefficient (Wildman–Crippen LogP) is 1.19. The molecular formula is C13H16N4O2S. The zero-order valence-corrected chi connectivity index (χ0v) is 12.1. The van der Waals surface area contributed by atoms with E-state index in [9.17, 15) is 8.42 Å². The number of sulfonamides is 1. The molecule has 0 aliphatic carbocycles. The first kappa shape index (κ1) is 14.4. The van der Waals surface area contributed by atoms with Crippen LogP contribution in [0, 0.1) is 6.92 Å². The molecule has 2 aromatic rings. The minimum Gasteiger partial charge on any atom is -0.396 e. The second-order valence-electron chi connectivity index (χ2n) is 4.43. The van der Waals surface area contributed by atoms with Crippen molar-refractivity contribution in [2.75, 3.05) is 12.8 Å². The number of hydrogen-bond acceptors (Lipinski definition) is 5. The molecule has 0 aromatic carbocycles. The van der Waals surface area contributed by atoms with Crippen molar-refractivity contribution in [3.8, 4) is 0 Å². The van der Waals surface area contributed by atoms with Crippen LogP contribution in [-0.4, -0.2) is 29.7 Å². The summed E-state index contributed by atoms with van der Waals surface area (Å²) in [6, 6.07) is 8.58. The smallest absolute Gasteiger partial charge is 0.262 e. The van der Waals surface area contributed by atoms with Gasteiger partial charge in [0.25, 0.3) is 10.0 Å². The summed E-state index contributed by atoms with van der Waals surface area (Å²) in [4.78, 5) is 8.14. The Hall–Kier alpha value is -1.99. The highest BCUT2D eigenvalue weighted by Gasteiger charge is 2.24. The van der Waals surface area contributed by atoms with Crippen LogP contribution in [0.25, 0.3) is 0 Å². The normalized spacial score (nSPS) is 11.8. The van der Waals surface area contributed by atoms with E-state index in [1.807, 2.05) is 19.1 Å². The standard InChI is InChI=1S/C13H16N4O2S/c1-10-5-3-6-11(16-10)9-17(2)20(18,19)13-12(14)7-4-8-15-13/h3-8H,9,14H2,1-2H3. The molecule has 2 rings (SSSR count).